The number of hydrogen-bond donors (Lipinski definition) is 0. The van der Waals surface area contributed by atoms with Crippen molar-refractivity contribution in [3.05, 3.63) is 394 Å². The van der Waals surface area contributed by atoms with Crippen LogP contribution in [0, 0.1) is 0 Å². The van der Waals surface area contributed by atoms with Crippen LogP contribution < -0.4 is 0 Å². The molecule has 0 unspecified atom stereocenters. The van der Waals surface area contributed by atoms with E-state index in [4.69, 9.17) is 0 Å². The normalized spacial score (nSPS) is 14.0. The summed E-state index contributed by atoms with van der Waals surface area (Å²) in [5.74, 6) is 0. The Kier molecular flexibility index (Phi) is 16.8. The van der Waals surface area contributed by atoms with E-state index in [0.717, 1.165) is 25.7 Å². The van der Waals surface area contributed by atoms with Crippen LogP contribution in [0.15, 0.2) is 328 Å². The van der Waals surface area contributed by atoms with Gasteiger partial charge in [0, 0.05) is 0 Å². The van der Waals surface area contributed by atoms with Gasteiger partial charge in [-0.25, -0.2) is 0 Å². The Hall–Kier alpha value is -11.2. The first-order chi connectivity index (χ1) is 48.6. The summed E-state index contributed by atoms with van der Waals surface area (Å²) in [5, 5.41) is 10.6. The molecule has 21 rings (SSSR count). The van der Waals surface area contributed by atoms with Crippen molar-refractivity contribution in [2.24, 2.45) is 0 Å². The number of rotatable bonds is 0. The molecule has 98 heavy (non-hydrogen) atoms. The predicted molar refractivity (Wildman–Crippen MR) is 419 cm³/mol. The average Bonchev–Trinajstić information content (AvgIpc) is 0.729. The first-order valence-electron chi connectivity index (χ1n) is 35.6. The second-order valence-electron chi connectivity index (χ2n) is 27.3. The third-order valence-electron chi connectivity index (χ3n) is 21.4. The van der Waals surface area contributed by atoms with Crippen LogP contribution in [0.4, 0.5) is 0 Å². The molecule has 0 amide bonds. The Morgan fingerprint density at radius 3 is 0.469 bits per heavy atom. The number of hydrogen-bond acceptors (Lipinski definition) is 0. The Morgan fingerprint density at radius 1 is 0.133 bits per heavy atom. The SMILES string of the molecule is c1ccc2c(c1)CC1=C(C2)c2cc3ccccc3cc2-c2cc3c(cc2-c2cc4ccccc4cc21)CCCC3.c1ccc2c(c1)CC1=C(C2)c2cc3ccccc3cc2-c2cc3c(cc2-c2cc4ccccc4cc21)CCCC3.c1ccccc1.c1ccccc1.c1ccccc1. The minimum atomic E-state index is 0.976. The van der Waals surface area contributed by atoms with E-state index in [1.54, 1.807) is 22.3 Å². The lowest BCUT2D eigenvalue weighted by molar-refractivity contribution is 0.686. The van der Waals surface area contributed by atoms with E-state index < -0.39 is 0 Å². The highest BCUT2D eigenvalue weighted by molar-refractivity contribution is 6.12. The Balaban J connectivity index is 0.000000117. The lowest BCUT2D eigenvalue weighted by Crippen LogP contribution is -2.12. The van der Waals surface area contributed by atoms with Crippen molar-refractivity contribution >= 4 is 65.4 Å². The van der Waals surface area contributed by atoms with Gasteiger partial charge in [-0.3, -0.25) is 0 Å². The molecule has 6 aliphatic rings. The van der Waals surface area contributed by atoms with Gasteiger partial charge in [-0.05, 0) is 302 Å². The van der Waals surface area contributed by atoms with Crippen molar-refractivity contribution in [2.45, 2.75) is 77.0 Å². The number of fused-ring (bicyclic) bond motifs is 22. The Morgan fingerprint density at radius 2 is 0.286 bits per heavy atom. The van der Waals surface area contributed by atoms with Crippen LogP contribution in [0.25, 0.3) is 110 Å². The zero-order valence-electron chi connectivity index (χ0n) is 55.7. The van der Waals surface area contributed by atoms with Gasteiger partial charge >= 0.3 is 0 Å². The molecule has 0 aromatic heterocycles. The molecule has 6 aliphatic carbocycles. The minimum Gasteiger partial charge on any atom is -0.0623 e. The predicted octanol–water partition coefficient (Wildman–Crippen LogP) is 25.5. The number of aryl methyl sites for hydroxylation is 4. The van der Waals surface area contributed by atoms with Gasteiger partial charge in [-0.15, -0.1) is 0 Å². The van der Waals surface area contributed by atoms with Gasteiger partial charge in [0.15, 0.2) is 0 Å². The molecule has 0 heterocycles. The molecule has 0 saturated carbocycles. The quantitative estimate of drug-likeness (QED) is 0.142. The van der Waals surface area contributed by atoms with Crippen LogP contribution in [-0.2, 0) is 51.4 Å². The van der Waals surface area contributed by atoms with Gasteiger partial charge in [-0.1, -0.05) is 279 Å². The fourth-order valence-corrected chi connectivity index (χ4v) is 16.5. The Labute approximate surface area is 577 Å². The molecule has 0 radical (unpaired) electrons. The van der Waals surface area contributed by atoms with Crippen LogP contribution in [-0.4, -0.2) is 0 Å². The zero-order valence-corrected chi connectivity index (χ0v) is 55.7. The van der Waals surface area contributed by atoms with E-state index >= 15 is 0 Å². The standard InChI is InChI=1S/2C40H30.3C6H6/c2*1-2-10-26-18-34-33(17-25(26)9-1)35-19-27-11-3-4-13-29(27)21-37(35)39-23-31-15-7-8-16-32(31)24-40(39)38-22-30-14-6-5-12-28(30)20-36(34)38;3*1-2-4-6-5-3-1/h2*1-6,9-14,19-24H,7-8,15-18H2;3*1-6H. The monoisotopic (exact) mass is 1250 g/mol. The fraction of sp³-hybridized carbons (Fsp3) is 0.122. The van der Waals surface area contributed by atoms with Crippen LogP contribution in [0.2, 0.25) is 0 Å². The summed E-state index contributed by atoms with van der Waals surface area (Å²) < 4.78 is 0. The molecule has 0 atom stereocenters. The van der Waals surface area contributed by atoms with Crippen molar-refractivity contribution in [1.82, 2.24) is 0 Å². The van der Waals surface area contributed by atoms with Gasteiger partial charge in [-0.2, -0.15) is 0 Å². The molecule has 0 bridgehead atoms. The molecule has 0 spiro atoms. The maximum Gasteiger partial charge on any atom is -0.00137 e. The summed E-state index contributed by atoms with van der Waals surface area (Å²) >= 11 is 0. The summed E-state index contributed by atoms with van der Waals surface area (Å²) in [7, 11) is 0. The van der Waals surface area contributed by atoms with Gasteiger partial charge in [0.25, 0.3) is 0 Å². The smallest absolute Gasteiger partial charge is 0.00137 e. The number of allylic oxidation sites excluding steroid dienone is 4. The van der Waals surface area contributed by atoms with Crippen molar-refractivity contribution in [3.63, 3.8) is 0 Å². The van der Waals surface area contributed by atoms with Crippen molar-refractivity contribution in [3.8, 4) is 44.5 Å². The van der Waals surface area contributed by atoms with Crippen LogP contribution in [0.1, 0.15) is 92.4 Å². The van der Waals surface area contributed by atoms with Gasteiger partial charge in [0.1, 0.15) is 0 Å². The van der Waals surface area contributed by atoms with E-state index in [1.807, 2.05) is 109 Å². The molecular formula is C98H78. The van der Waals surface area contributed by atoms with Crippen molar-refractivity contribution in [2.75, 3.05) is 0 Å². The van der Waals surface area contributed by atoms with E-state index in [2.05, 4.69) is 218 Å². The highest BCUT2D eigenvalue weighted by Gasteiger charge is 2.32. The van der Waals surface area contributed by atoms with Crippen LogP contribution in [0.5, 0.6) is 0 Å². The summed E-state index contributed by atoms with van der Waals surface area (Å²) in [6, 6.07) is 120. The lowest BCUT2D eigenvalue weighted by Gasteiger charge is -2.31. The molecular weight excluding hydrogens is 1180 g/mol. The van der Waals surface area contributed by atoms with E-state index in [-0.39, 0.29) is 0 Å². The largest absolute Gasteiger partial charge is 0.0623 e. The van der Waals surface area contributed by atoms with Crippen molar-refractivity contribution < 1.29 is 0 Å². The molecule has 0 fully saturated rings. The number of benzene rings is 15. The highest BCUT2D eigenvalue weighted by atomic mass is 14.4. The first kappa shape index (κ1) is 60.5. The molecule has 15 aromatic carbocycles. The molecule has 0 heteroatoms. The van der Waals surface area contributed by atoms with Gasteiger partial charge < -0.3 is 0 Å². The summed E-state index contributed by atoms with van der Waals surface area (Å²) in [6.45, 7) is 0. The zero-order chi connectivity index (χ0) is 65.1. The second-order valence-corrected chi connectivity index (χ2v) is 27.3. The maximum absolute atomic E-state index is 2.57. The van der Waals surface area contributed by atoms with E-state index in [9.17, 15) is 0 Å². The average molecular weight is 1260 g/mol. The van der Waals surface area contributed by atoms with Gasteiger partial charge in [0.05, 0.1) is 0 Å². The molecule has 0 saturated heterocycles. The summed E-state index contributed by atoms with van der Waals surface area (Å²) in [5.41, 5.74) is 34.9. The Bertz CT molecular complexity index is 4800. The van der Waals surface area contributed by atoms with Gasteiger partial charge in [0.2, 0.25) is 0 Å². The third-order valence-corrected chi connectivity index (χ3v) is 21.4. The van der Waals surface area contributed by atoms with Crippen molar-refractivity contribution in [1.29, 1.82) is 0 Å². The first-order valence-corrected chi connectivity index (χ1v) is 35.6. The molecule has 0 nitrogen and oxygen atoms in total. The van der Waals surface area contributed by atoms with Crippen LogP contribution in [0.3, 0.4) is 0 Å². The minimum absolute atomic E-state index is 0.976. The fourth-order valence-electron chi connectivity index (χ4n) is 16.5. The maximum atomic E-state index is 2.57. The highest BCUT2D eigenvalue weighted by Crippen LogP contribution is 2.53. The summed E-state index contributed by atoms with van der Waals surface area (Å²) in [6.07, 6.45) is 13.9. The van der Waals surface area contributed by atoms with E-state index in [1.165, 1.54) is 206 Å². The molecule has 470 valence electrons. The molecule has 0 N–H and O–H groups in total. The molecule has 0 aliphatic heterocycles. The van der Waals surface area contributed by atoms with Crippen LogP contribution >= 0.6 is 0 Å². The van der Waals surface area contributed by atoms with E-state index in [0.29, 0.717) is 0 Å². The summed E-state index contributed by atoms with van der Waals surface area (Å²) in [4.78, 5) is 0. The third kappa shape index (κ3) is 12.0. The second kappa shape index (κ2) is 27.1. The molecule has 15 aromatic rings. The topological polar surface area (TPSA) is 0 Å². The lowest BCUT2D eigenvalue weighted by atomic mass is 9.72.